The quantitative estimate of drug-likeness (QED) is 0.720. The average Bonchev–Trinajstić information content (AvgIpc) is 2.76. The zero-order valence-electron chi connectivity index (χ0n) is 16.4. The predicted octanol–water partition coefficient (Wildman–Crippen LogP) is 2.11. The number of fused-ring (bicyclic) bond motifs is 1. The number of aryl methyl sites for hydroxylation is 1. The molecule has 0 atom stereocenters. The Hall–Kier alpha value is -3.19. The van der Waals surface area contributed by atoms with Gasteiger partial charge in [-0.25, -0.2) is 9.66 Å². The highest BCUT2D eigenvalue weighted by molar-refractivity contribution is 5.91. The minimum absolute atomic E-state index is 0.197. The number of aromatic nitrogens is 2. The van der Waals surface area contributed by atoms with Crippen LogP contribution < -0.4 is 15.9 Å². The van der Waals surface area contributed by atoms with Gasteiger partial charge in [-0.05, 0) is 17.7 Å². The molecule has 1 amide bonds. The van der Waals surface area contributed by atoms with E-state index in [1.165, 1.54) is 4.68 Å². The third-order valence-electron chi connectivity index (χ3n) is 5.06. The zero-order valence-corrected chi connectivity index (χ0v) is 16.4. The van der Waals surface area contributed by atoms with Crippen molar-refractivity contribution in [3.05, 3.63) is 70.3 Å². The lowest BCUT2D eigenvalue weighted by Crippen LogP contribution is -2.38. The van der Waals surface area contributed by atoms with Crippen LogP contribution in [-0.4, -0.2) is 41.9 Å². The molecule has 0 radical (unpaired) electrons. The number of nitrogens with zero attached hydrogens (tertiary/aromatic N) is 3. The molecule has 4 rings (SSSR count). The summed E-state index contributed by atoms with van der Waals surface area (Å²) in [6.07, 6.45) is 0.719. The number of ether oxygens (including phenoxy) is 1. The number of carbonyl (C=O) groups is 1. The molecule has 1 saturated heterocycles. The molecule has 1 fully saturated rings. The van der Waals surface area contributed by atoms with Gasteiger partial charge in [0.15, 0.2) is 0 Å². The maximum atomic E-state index is 13.2. The molecule has 0 bridgehead atoms. The first-order chi connectivity index (χ1) is 14.2. The molecule has 2 aromatic carbocycles. The van der Waals surface area contributed by atoms with Gasteiger partial charge in [-0.15, -0.1) is 0 Å². The molecule has 0 unspecified atom stereocenters. The molecule has 1 aliphatic rings. The van der Waals surface area contributed by atoms with Crippen LogP contribution in [-0.2, 0) is 22.4 Å². The summed E-state index contributed by atoms with van der Waals surface area (Å²) in [5.74, 6) is 0.281. The number of hydrogen-bond donors (Lipinski definition) is 1. The summed E-state index contributed by atoms with van der Waals surface area (Å²) in [6, 6.07) is 15.0. The van der Waals surface area contributed by atoms with Crippen molar-refractivity contribution in [1.29, 1.82) is 0 Å². The molecule has 3 aromatic rings. The number of rotatable bonds is 5. The molecule has 0 spiro atoms. The minimum Gasteiger partial charge on any atom is -0.378 e. The molecule has 2 heterocycles. The lowest BCUT2D eigenvalue weighted by atomic mass is 10.1. The molecule has 29 heavy (non-hydrogen) atoms. The summed E-state index contributed by atoms with van der Waals surface area (Å²) in [5.41, 5.74) is 4.97. The van der Waals surface area contributed by atoms with E-state index < -0.39 is 0 Å². The molecule has 0 aliphatic carbocycles. The fourth-order valence-electron chi connectivity index (χ4n) is 3.60. The Labute approximate surface area is 168 Å². The van der Waals surface area contributed by atoms with Gasteiger partial charge in [0.05, 0.1) is 30.7 Å². The van der Waals surface area contributed by atoms with Crippen molar-refractivity contribution < 1.29 is 9.53 Å². The normalized spacial score (nSPS) is 14.2. The Kier molecular flexibility index (Phi) is 5.57. The van der Waals surface area contributed by atoms with Gasteiger partial charge in [0, 0.05) is 19.5 Å². The molecule has 1 N–H and O–H groups in total. The topological polar surface area (TPSA) is 76.5 Å². The Morgan fingerprint density at radius 3 is 2.59 bits per heavy atom. The highest BCUT2D eigenvalue weighted by Gasteiger charge is 2.19. The smallest absolute Gasteiger partial charge is 0.280 e. The fraction of sp³-hybridized carbons (Fsp3) is 0.318. The number of anilines is 1. The van der Waals surface area contributed by atoms with Crippen molar-refractivity contribution >= 4 is 22.5 Å². The van der Waals surface area contributed by atoms with Crippen LogP contribution in [0.4, 0.5) is 5.69 Å². The van der Waals surface area contributed by atoms with Crippen molar-refractivity contribution in [2.45, 2.75) is 19.8 Å². The molecule has 1 aliphatic heterocycles. The maximum absolute atomic E-state index is 13.2. The average molecular weight is 392 g/mol. The molecule has 1 aromatic heterocycles. The van der Waals surface area contributed by atoms with Gasteiger partial charge < -0.3 is 9.64 Å². The standard InChI is InChI=1S/C22H24N4O3/c1-2-19-23-21-17(9-6-10-18(21)25-11-13-29-14-12-25)22(28)26(19)24-20(27)15-16-7-4-3-5-8-16/h3-10H,2,11-15H2,1H3,(H,24,27). The van der Waals surface area contributed by atoms with E-state index >= 15 is 0 Å². The summed E-state index contributed by atoms with van der Waals surface area (Å²) in [5, 5.41) is 0.492. The Morgan fingerprint density at radius 2 is 1.86 bits per heavy atom. The Bertz CT molecular complexity index is 1070. The molecular formula is C22H24N4O3. The minimum atomic E-state index is -0.261. The molecule has 7 heteroatoms. The maximum Gasteiger partial charge on any atom is 0.280 e. The molecule has 7 nitrogen and oxygen atoms in total. The second kappa shape index (κ2) is 8.45. The van der Waals surface area contributed by atoms with E-state index in [2.05, 4.69) is 10.3 Å². The van der Waals surface area contributed by atoms with E-state index in [-0.39, 0.29) is 17.9 Å². The molecule has 150 valence electrons. The van der Waals surface area contributed by atoms with Crippen LogP contribution in [0.3, 0.4) is 0 Å². The van der Waals surface area contributed by atoms with Crippen LogP contribution in [0.15, 0.2) is 53.3 Å². The number of nitrogens with one attached hydrogen (secondary N) is 1. The van der Waals surface area contributed by atoms with E-state index in [0.717, 1.165) is 24.3 Å². The van der Waals surface area contributed by atoms with E-state index in [1.807, 2.05) is 49.4 Å². The van der Waals surface area contributed by atoms with Crippen LogP contribution in [0.5, 0.6) is 0 Å². The predicted molar refractivity (Wildman–Crippen MR) is 113 cm³/mol. The van der Waals surface area contributed by atoms with E-state index in [0.29, 0.717) is 36.4 Å². The monoisotopic (exact) mass is 392 g/mol. The zero-order chi connectivity index (χ0) is 20.2. The largest absolute Gasteiger partial charge is 0.378 e. The van der Waals surface area contributed by atoms with Crippen LogP contribution >= 0.6 is 0 Å². The fourth-order valence-corrected chi connectivity index (χ4v) is 3.60. The van der Waals surface area contributed by atoms with Crippen molar-refractivity contribution in [3.63, 3.8) is 0 Å². The first-order valence-corrected chi connectivity index (χ1v) is 9.88. The van der Waals surface area contributed by atoms with Gasteiger partial charge >= 0.3 is 0 Å². The van der Waals surface area contributed by atoms with Crippen molar-refractivity contribution in [2.24, 2.45) is 0 Å². The second-order valence-electron chi connectivity index (χ2n) is 6.99. The van der Waals surface area contributed by atoms with Gasteiger partial charge in [0.2, 0.25) is 5.91 Å². The number of hydrogen-bond acceptors (Lipinski definition) is 5. The SMILES string of the molecule is CCc1nc2c(N3CCOCC3)cccc2c(=O)n1NC(=O)Cc1ccccc1. The summed E-state index contributed by atoms with van der Waals surface area (Å²) in [7, 11) is 0. The number of morpholine rings is 1. The highest BCUT2D eigenvalue weighted by atomic mass is 16.5. The molecule has 0 saturated carbocycles. The lowest BCUT2D eigenvalue weighted by molar-refractivity contribution is -0.116. The summed E-state index contributed by atoms with van der Waals surface area (Å²) in [6.45, 7) is 4.76. The van der Waals surface area contributed by atoms with Gasteiger partial charge in [-0.1, -0.05) is 43.3 Å². The second-order valence-corrected chi connectivity index (χ2v) is 6.99. The van der Waals surface area contributed by atoms with E-state index in [1.54, 1.807) is 6.07 Å². The van der Waals surface area contributed by atoms with Gasteiger partial charge in [-0.3, -0.25) is 15.0 Å². The van der Waals surface area contributed by atoms with Crippen molar-refractivity contribution in [1.82, 2.24) is 9.66 Å². The van der Waals surface area contributed by atoms with Crippen LogP contribution in [0, 0.1) is 0 Å². The van der Waals surface area contributed by atoms with Crippen molar-refractivity contribution in [2.75, 3.05) is 36.6 Å². The van der Waals surface area contributed by atoms with Crippen LogP contribution in [0.2, 0.25) is 0 Å². The number of benzene rings is 2. The van der Waals surface area contributed by atoms with E-state index in [4.69, 9.17) is 9.72 Å². The molecular weight excluding hydrogens is 368 g/mol. The first kappa shape index (κ1) is 19.1. The highest BCUT2D eigenvalue weighted by Crippen LogP contribution is 2.24. The van der Waals surface area contributed by atoms with Crippen LogP contribution in [0.1, 0.15) is 18.3 Å². The number of amides is 1. The third kappa shape index (κ3) is 4.00. The number of carbonyl (C=O) groups excluding carboxylic acids is 1. The summed E-state index contributed by atoms with van der Waals surface area (Å²) < 4.78 is 6.73. The lowest BCUT2D eigenvalue weighted by Gasteiger charge is -2.29. The van der Waals surface area contributed by atoms with Gasteiger partial charge in [0.25, 0.3) is 5.56 Å². The Morgan fingerprint density at radius 1 is 1.10 bits per heavy atom. The third-order valence-corrected chi connectivity index (χ3v) is 5.06. The van der Waals surface area contributed by atoms with E-state index in [9.17, 15) is 9.59 Å². The first-order valence-electron chi connectivity index (χ1n) is 9.88. The Balaban J connectivity index is 1.70. The summed E-state index contributed by atoms with van der Waals surface area (Å²) in [4.78, 5) is 32.7. The van der Waals surface area contributed by atoms with Gasteiger partial charge in [-0.2, -0.15) is 0 Å². The summed E-state index contributed by atoms with van der Waals surface area (Å²) >= 11 is 0. The van der Waals surface area contributed by atoms with Crippen LogP contribution in [0.25, 0.3) is 10.9 Å². The van der Waals surface area contributed by atoms with Gasteiger partial charge in [0.1, 0.15) is 11.3 Å². The van der Waals surface area contributed by atoms with Crippen molar-refractivity contribution in [3.8, 4) is 0 Å². The number of para-hydroxylation sites is 1.